The topological polar surface area (TPSA) is 32.5 Å². The van der Waals surface area contributed by atoms with Gasteiger partial charge >= 0.3 is 0 Å². The molecule has 2 rings (SSSR count). The highest BCUT2D eigenvalue weighted by Gasteiger charge is 2.29. The van der Waals surface area contributed by atoms with Gasteiger partial charge in [-0.05, 0) is 25.0 Å². The first-order valence-electron chi connectivity index (χ1n) is 7.37. The van der Waals surface area contributed by atoms with Gasteiger partial charge in [-0.2, -0.15) is 0 Å². The molecule has 0 aliphatic carbocycles. The van der Waals surface area contributed by atoms with Crippen molar-refractivity contribution < 1.29 is 0 Å². The van der Waals surface area contributed by atoms with E-state index >= 15 is 0 Å². The fraction of sp³-hybridized carbons (Fsp3) is 0.625. The van der Waals surface area contributed by atoms with Crippen LogP contribution in [0.5, 0.6) is 0 Å². The van der Waals surface area contributed by atoms with Crippen molar-refractivity contribution in [1.82, 2.24) is 4.90 Å². The van der Waals surface area contributed by atoms with E-state index in [2.05, 4.69) is 60.9 Å². The van der Waals surface area contributed by atoms with Crippen molar-refractivity contribution in [3.8, 4) is 0 Å². The van der Waals surface area contributed by atoms with Gasteiger partial charge < -0.3 is 10.6 Å². The Kier molecular flexibility index (Phi) is 4.83. The average Bonchev–Trinajstić information content (AvgIpc) is 2.39. The number of anilines is 1. The number of hydrogen-bond acceptors (Lipinski definition) is 3. The molecule has 1 saturated heterocycles. The Morgan fingerprint density at radius 2 is 1.84 bits per heavy atom. The summed E-state index contributed by atoms with van der Waals surface area (Å²) in [6.45, 7) is 11.0. The number of hydrogen-bond donors (Lipinski definition) is 1. The predicted molar refractivity (Wildman–Crippen MR) is 82.5 cm³/mol. The zero-order valence-electron chi connectivity index (χ0n) is 12.4. The van der Waals surface area contributed by atoms with Crippen LogP contribution in [0.4, 0.5) is 5.69 Å². The van der Waals surface area contributed by atoms with Gasteiger partial charge in [0.1, 0.15) is 0 Å². The molecule has 1 fully saturated rings. The van der Waals surface area contributed by atoms with E-state index in [-0.39, 0.29) is 6.04 Å². The van der Waals surface area contributed by atoms with E-state index in [1.807, 2.05) is 0 Å². The molecular weight excluding hydrogens is 234 g/mol. The Morgan fingerprint density at radius 1 is 1.16 bits per heavy atom. The number of nitrogens with two attached hydrogens (primary N) is 1. The summed E-state index contributed by atoms with van der Waals surface area (Å²) in [7, 11) is 0. The SMILES string of the molecule is CC(N)CN1CCN(c2ccccc2)CC1C(C)C. The number of nitrogens with zero attached hydrogens (tertiary/aromatic N) is 2. The number of para-hydroxylation sites is 1. The summed E-state index contributed by atoms with van der Waals surface area (Å²) >= 11 is 0. The van der Waals surface area contributed by atoms with Gasteiger partial charge in [-0.25, -0.2) is 0 Å². The summed E-state index contributed by atoms with van der Waals surface area (Å²) in [5, 5.41) is 0. The normalized spacial score (nSPS) is 22.8. The summed E-state index contributed by atoms with van der Waals surface area (Å²) in [6, 6.07) is 11.6. The maximum absolute atomic E-state index is 5.98. The van der Waals surface area contributed by atoms with Gasteiger partial charge in [0.25, 0.3) is 0 Å². The molecule has 0 radical (unpaired) electrons. The third-order valence-electron chi connectivity index (χ3n) is 3.95. The highest BCUT2D eigenvalue weighted by atomic mass is 15.3. The van der Waals surface area contributed by atoms with Gasteiger partial charge in [0.15, 0.2) is 0 Å². The second-order valence-corrected chi connectivity index (χ2v) is 6.07. The second kappa shape index (κ2) is 6.40. The minimum Gasteiger partial charge on any atom is -0.369 e. The molecule has 2 N–H and O–H groups in total. The zero-order chi connectivity index (χ0) is 13.8. The van der Waals surface area contributed by atoms with E-state index in [9.17, 15) is 0 Å². The van der Waals surface area contributed by atoms with Crippen molar-refractivity contribution in [2.24, 2.45) is 11.7 Å². The Labute approximate surface area is 117 Å². The lowest BCUT2D eigenvalue weighted by Gasteiger charge is -2.45. The van der Waals surface area contributed by atoms with Gasteiger partial charge in [0, 0.05) is 44.0 Å². The summed E-state index contributed by atoms with van der Waals surface area (Å²) in [4.78, 5) is 5.07. The maximum atomic E-state index is 5.98. The summed E-state index contributed by atoms with van der Waals surface area (Å²) in [6.07, 6.45) is 0. The predicted octanol–water partition coefficient (Wildman–Crippen LogP) is 2.18. The minimum absolute atomic E-state index is 0.254. The van der Waals surface area contributed by atoms with Crippen LogP contribution in [0, 0.1) is 5.92 Å². The van der Waals surface area contributed by atoms with Gasteiger partial charge in [0.05, 0.1) is 0 Å². The third kappa shape index (κ3) is 3.71. The monoisotopic (exact) mass is 261 g/mol. The highest BCUT2D eigenvalue weighted by molar-refractivity contribution is 5.46. The molecule has 1 aliphatic rings. The smallest absolute Gasteiger partial charge is 0.0367 e. The molecule has 3 heteroatoms. The molecule has 1 aromatic carbocycles. The average molecular weight is 261 g/mol. The molecule has 0 spiro atoms. The first kappa shape index (κ1) is 14.4. The lowest BCUT2D eigenvalue weighted by molar-refractivity contribution is 0.132. The van der Waals surface area contributed by atoms with Gasteiger partial charge in [-0.15, -0.1) is 0 Å². The Hall–Kier alpha value is -1.06. The fourth-order valence-electron chi connectivity index (χ4n) is 2.95. The first-order chi connectivity index (χ1) is 9.08. The van der Waals surface area contributed by atoms with E-state index in [0.717, 1.165) is 26.2 Å². The van der Waals surface area contributed by atoms with E-state index in [0.29, 0.717) is 12.0 Å². The quantitative estimate of drug-likeness (QED) is 0.901. The lowest BCUT2D eigenvalue weighted by atomic mass is 9.98. The molecule has 1 heterocycles. The first-order valence-corrected chi connectivity index (χ1v) is 7.37. The van der Waals surface area contributed by atoms with Crippen LogP contribution in [-0.2, 0) is 0 Å². The maximum Gasteiger partial charge on any atom is 0.0367 e. The Bertz CT molecular complexity index is 375. The van der Waals surface area contributed by atoms with Gasteiger partial charge in [-0.3, -0.25) is 4.90 Å². The molecule has 3 nitrogen and oxygen atoms in total. The van der Waals surface area contributed by atoms with Gasteiger partial charge in [-0.1, -0.05) is 32.0 Å². The number of piperazine rings is 1. The standard InChI is InChI=1S/C16H27N3/c1-13(2)16-12-18(15-7-5-4-6-8-15)9-10-19(16)11-14(3)17/h4-8,13-14,16H,9-12,17H2,1-3H3. The molecule has 1 aliphatic heterocycles. The minimum atomic E-state index is 0.254. The molecule has 0 aromatic heterocycles. The summed E-state index contributed by atoms with van der Waals surface area (Å²) < 4.78 is 0. The highest BCUT2D eigenvalue weighted by Crippen LogP contribution is 2.22. The van der Waals surface area contributed by atoms with Crippen LogP contribution in [0.1, 0.15) is 20.8 Å². The molecule has 1 aromatic rings. The number of rotatable bonds is 4. The summed E-state index contributed by atoms with van der Waals surface area (Å²) in [5.41, 5.74) is 7.32. The van der Waals surface area contributed by atoms with Crippen LogP contribution in [0.15, 0.2) is 30.3 Å². The third-order valence-corrected chi connectivity index (χ3v) is 3.95. The fourth-order valence-corrected chi connectivity index (χ4v) is 2.95. The molecule has 19 heavy (non-hydrogen) atoms. The molecule has 0 amide bonds. The van der Waals surface area contributed by atoms with E-state index in [4.69, 9.17) is 5.73 Å². The van der Waals surface area contributed by atoms with E-state index in [1.165, 1.54) is 5.69 Å². The Morgan fingerprint density at radius 3 is 2.42 bits per heavy atom. The number of benzene rings is 1. The van der Waals surface area contributed by atoms with Crippen LogP contribution in [0.2, 0.25) is 0 Å². The van der Waals surface area contributed by atoms with Crippen LogP contribution < -0.4 is 10.6 Å². The second-order valence-electron chi connectivity index (χ2n) is 6.07. The molecule has 0 saturated carbocycles. The van der Waals surface area contributed by atoms with Crippen molar-refractivity contribution in [2.75, 3.05) is 31.1 Å². The zero-order valence-corrected chi connectivity index (χ0v) is 12.4. The lowest BCUT2D eigenvalue weighted by Crippen LogP contribution is -2.57. The molecule has 106 valence electrons. The Balaban J connectivity index is 2.06. The van der Waals surface area contributed by atoms with Crippen LogP contribution in [0.3, 0.4) is 0 Å². The van der Waals surface area contributed by atoms with Crippen molar-refractivity contribution in [3.05, 3.63) is 30.3 Å². The molecule has 2 unspecified atom stereocenters. The summed E-state index contributed by atoms with van der Waals surface area (Å²) in [5.74, 6) is 0.658. The molecular formula is C16H27N3. The molecule has 2 atom stereocenters. The van der Waals surface area contributed by atoms with Crippen molar-refractivity contribution in [2.45, 2.75) is 32.9 Å². The van der Waals surface area contributed by atoms with E-state index < -0.39 is 0 Å². The van der Waals surface area contributed by atoms with Crippen molar-refractivity contribution >= 4 is 5.69 Å². The van der Waals surface area contributed by atoms with Gasteiger partial charge in [0.2, 0.25) is 0 Å². The van der Waals surface area contributed by atoms with Crippen LogP contribution >= 0.6 is 0 Å². The van der Waals surface area contributed by atoms with Crippen LogP contribution in [-0.4, -0.2) is 43.2 Å². The van der Waals surface area contributed by atoms with Crippen molar-refractivity contribution in [1.29, 1.82) is 0 Å². The van der Waals surface area contributed by atoms with E-state index in [1.54, 1.807) is 0 Å². The molecule has 0 bridgehead atoms. The van der Waals surface area contributed by atoms with Crippen molar-refractivity contribution in [3.63, 3.8) is 0 Å². The largest absolute Gasteiger partial charge is 0.369 e. The van der Waals surface area contributed by atoms with Crippen LogP contribution in [0.25, 0.3) is 0 Å².